The number of ether oxygens (including phenoxy) is 3. The zero-order valence-electron chi connectivity index (χ0n) is 19.1. The summed E-state index contributed by atoms with van der Waals surface area (Å²) in [4.78, 5) is 8.25. The number of fused-ring (bicyclic) bond motifs is 1. The number of hydrogen-bond acceptors (Lipinski definition) is 8. The molecule has 0 spiro atoms. The minimum absolute atomic E-state index is 0.0188. The molecule has 0 bridgehead atoms. The van der Waals surface area contributed by atoms with E-state index >= 15 is 0 Å². The van der Waals surface area contributed by atoms with E-state index in [4.69, 9.17) is 46.8 Å². The van der Waals surface area contributed by atoms with Crippen LogP contribution < -0.4 is 0 Å². The van der Waals surface area contributed by atoms with Gasteiger partial charge in [-0.15, -0.1) is 0 Å². The first kappa shape index (κ1) is 27.6. The van der Waals surface area contributed by atoms with Crippen LogP contribution in [0.4, 0.5) is 0 Å². The van der Waals surface area contributed by atoms with E-state index in [2.05, 4.69) is 14.7 Å². The number of aliphatic hydroxyl groups is 1. The Morgan fingerprint density at radius 1 is 1.22 bits per heavy atom. The van der Waals surface area contributed by atoms with Crippen LogP contribution in [0.1, 0.15) is 46.8 Å². The average molecular weight is 512 g/mol. The lowest BCUT2D eigenvalue weighted by Gasteiger charge is -2.18. The van der Waals surface area contributed by atoms with Gasteiger partial charge in [-0.3, -0.25) is 0 Å². The molecule has 182 valence electrons. The second kappa shape index (κ2) is 13.3. The Morgan fingerprint density at radius 3 is 2.47 bits per heavy atom. The summed E-state index contributed by atoms with van der Waals surface area (Å²) in [7, 11) is 0.470. The van der Waals surface area contributed by atoms with Crippen LogP contribution in [-0.4, -0.2) is 64.8 Å². The molecule has 1 fully saturated rings. The summed E-state index contributed by atoms with van der Waals surface area (Å²) in [5, 5.41) is 9.84. The van der Waals surface area contributed by atoms with Crippen LogP contribution in [0, 0.1) is 0 Å². The van der Waals surface area contributed by atoms with Crippen LogP contribution in [0.3, 0.4) is 0 Å². The third kappa shape index (κ3) is 8.63. The Labute approximate surface area is 200 Å². The molecule has 0 saturated carbocycles. The number of aromatic nitrogens is 3. The summed E-state index contributed by atoms with van der Waals surface area (Å²) >= 11 is 12.1. The van der Waals surface area contributed by atoms with Gasteiger partial charge in [0.2, 0.25) is 5.28 Å². The molecule has 0 radical (unpaired) electrons. The number of halogens is 2. The molecular weight excluding hydrogens is 480 g/mol. The highest BCUT2D eigenvalue weighted by molar-refractivity contribution is 7.47. The second-order valence-electron chi connectivity index (χ2n) is 7.35. The standard InChI is InChI=1S/C16H22Cl2N3O4P.C4H10O2/c1-3-23-26(24-4-2)10-22-9-11-5-6-13(25-11)21-8-7-12-14(17)19-16(18)20-15(12)21;1-4(2,5)6-3/h7-8,11,13H,3-6,9-10H2,1-2H3;5H,1-3H3. The van der Waals surface area contributed by atoms with Gasteiger partial charge in [0, 0.05) is 13.3 Å². The Hall–Kier alpha value is -0.610. The number of methoxy groups -OCH3 is 1. The molecule has 1 aliphatic rings. The van der Waals surface area contributed by atoms with Crippen LogP contribution in [0.25, 0.3) is 11.0 Å². The molecule has 3 rings (SSSR count). The minimum Gasteiger partial charge on any atom is -0.369 e. The van der Waals surface area contributed by atoms with Gasteiger partial charge in [-0.05, 0) is 58.2 Å². The summed E-state index contributed by atoms with van der Waals surface area (Å²) < 4.78 is 29.4. The van der Waals surface area contributed by atoms with Crippen LogP contribution in [0.15, 0.2) is 12.3 Å². The largest absolute Gasteiger partial charge is 0.369 e. The first-order valence-corrected chi connectivity index (χ1v) is 12.5. The highest BCUT2D eigenvalue weighted by atomic mass is 35.5. The molecule has 1 saturated heterocycles. The molecule has 9 nitrogen and oxygen atoms in total. The predicted molar refractivity (Wildman–Crippen MR) is 125 cm³/mol. The van der Waals surface area contributed by atoms with Gasteiger partial charge < -0.3 is 32.9 Å². The van der Waals surface area contributed by atoms with E-state index in [1.807, 2.05) is 30.7 Å². The van der Waals surface area contributed by atoms with Gasteiger partial charge in [0.1, 0.15) is 23.4 Å². The normalized spacial score (nSPS) is 18.9. The van der Waals surface area contributed by atoms with Crippen molar-refractivity contribution in [2.45, 2.75) is 58.7 Å². The molecule has 0 amide bonds. The third-order valence-corrected chi connectivity index (χ3v) is 6.38. The lowest BCUT2D eigenvalue weighted by atomic mass is 10.2. The minimum atomic E-state index is -0.989. The van der Waals surface area contributed by atoms with Crippen LogP contribution in [0.2, 0.25) is 10.4 Å². The van der Waals surface area contributed by atoms with Gasteiger partial charge in [0.25, 0.3) is 0 Å². The molecule has 0 aromatic carbocycles. The van der Waals surface area contributed by atoms with E-state index < -0.39 is 14.2 Å². The van der Waals surface area contributed by atoms with Gasteiger partial charge in [0.05, 0.1) is 31.3 Å². The lowest BCUT2D eigenvalue weighted by molar-refractivity contribution is -0.155. The van der Waals surface area contributed by atoms with Crippen molar-refractivity contribution in [1.82, 2.24) is 14.5 Å². The van der Waals surface area contributed by atoms with Gasteiger partial charge in [0.15, 0.2) is 14.2 Å². The fraction of sp³-hybridized carbons (Fsp3) is 0.700. The fourth-order valence-electron chi connectivity index (χ4n) is 2.88. The van der Waals surface area contributed by atoms with E-state index in [1.165, 1.54) is 7.11 Å². The van der Waals surface area contributed by atoms with Crippen molar-refractivity contribution in [3.63, 3.8) is 0 Å². The van der Waals surface area contributed by atoms with Gasteiger partial charge in [-0.25, -0.2) is 4.98 Å². The Bertz CT molecular complexity index is 830. The molecule has 2 unspecified atom stereocenters. The fourth-order valence-corrected chi connectivity index (χ4v) is 4.37. The van der Waals surface area contributed by atoms with Gasteiger partial charge >= 0.3 is 0 Å². The molecule has 3 heterocycles. The maximum absolute atomic E-state index is 8.60. The molecular formula is C20H32Cl2N3O6P. The first-order valence-electron chi connectivity index (χ1n) is 10.4. The van der Waals surface area contributed by atoms with Crippen molar-refractivity contribution in [1.29, 1.82) is 0 Å². The van der Waals surface area contributed by atoms with Gasteiger partial charge in [-0.1, -0.05) is 11.6 Å². The zero-order chi connectivity index (χ0) is 23.7. The molecule has 2 aromatic heterocycles. The summed E-state index contributed by atoms with van der Waals surface area (Å²) in [6.07, 6.45) is 4.01. The van der Waals surface area contributed by atoms with E-state index in [0.29, 0.717) is 37.0 Å². The number of nitrogens with zero attached hydrogens (tertiary/aromatic N) is 3. The third-order valence-electron chi connectivity index (χ3n) is 4.44. The van der Waals surface area contributed by atoms with Crippen molar-refractivity contribution >= 4 is 42.6 Å². The summed E-state index contributed by atoms with van der Waals surface area (Å²) in [6, 6.07) is 1.87. The maximum atomic E-state index is 8.60. The van der Waals surface area contributed by atoms with Crippen molar-refractivity contribution in [2.75, 3.05) is 33.3 Å². The topological polar surface area (TPSA) is 97.1 Å². The van der Waals surface area contributed by atoms with Gasteiger partial charge in [-0.2, -0.15) is 4.98 Å². The summed E-state index contributed by atoms with van der Waals surface area (Å²) in [6.45, 7) is 8.78. The molecule has 1 N–H and O–H groups in total. The summed E-state index contributed by atoms with van der Waals surface area (Å²) in [5.41, 5.74) is 0.679. The van der Waals surface area contributed by atoms with Crippen LogP contribution in [0.5, 0.6) is 0 Å². The highest BCUT2D eigenvalue weighted by Crippen LogP contribution is 2.38. The molecule has 12 heteroatoms. The average Bonchev–Trinajstić information content (AvgIpc) is 3.35. The molecule has 32 heavy (non-hydrogen) atoms. The Balaban J connectivity index is 0.000000534. The van der Waals surface area contributed by atoms with E-state index in [-0.39, 0.29) is 17.6 Å². The molecule has 2 aromatic rings. The van der Waals surface area contributed by atoms with Crippen molar-refractivity contribution in [2.24, 2.45) is 0 Å². The summed E-state index contributed by atoms with van der Waals surface area (Å²) in [5.74, 6) is -0.958. The van der Waals surface area contributed by atoms with E-state index in [9.17, 15) is 0 Å². The lowest BCUT2D eigenvalue weighted by Crippen LogP contribution is -2.20. The molecule has 1 aliphatic heterocycles. The quantitative estimate of drug-likeness (QED) is 0.203. The predicted octanol–water partition coefficient (Wildman–Crippen LogP) is 5.14. The highest BCUT2D eigenvalue weighted by Gasteiger charge is 2.28. The molecule has 2 atom stereocenters. The monoisotopic (exact) mass is 511 g/mol. The van der Waals surface area contributed by atoms with E-state index in [1.54, 1.807) is 13.8 Å². The smallest absolute Gasteiger partial charge is 0.225 e. The Kier molecular flexibility index (Phi) is 11.5. The first-order chi connectivity index (χ1) is 15.2. The molecule has 0 aliphatic carbocycles. The number of hydrogen-bond donors (Lipinski definition) is 1. The second-order valence-corrected chi connectivity index (χ2v) is 9.49. The van der Waals surface area contributed by atoms with Crippen molar-refractivity contribution in [3.05, 3.63) is 22.7 Å². The van der Waals surface area contributed by atoms with Crippen LogP contribution in [-0.2, 0) is 23.3 Å². The zero-order valence-corrected chi connectivity index (χ0v) is 21.5. The van der Waals surface area contributed by atoms with Crippen molar-refractivity contribution in [3.8, 4) is 0 Å². The van der Waals surface area contributed by atoms with Crippen molar-refractivity contribution < 1.29 is 28.4 Å². The van der Waals surface area contributed by atoms with E-state index in [0.717, 1.165) is 18.2 Å². The maximum Gasteiger partial charge on any atom is 0.225 e. The SMILES string of the molecule is CCOP(COCC1CCC(n2ccc3c(Cl)nc(Cl)nc32)O1)OCC.COC(C)(C)O. The Morgan fingerprint density at radius 2 is 1.88 bits per heavy atom. The van der Waals surface area contributed by atoms with Crippen LogP contribution >= 0.6 is 31.6 Å². The number of rotatable bonds is 10.